The lowest BCUT2D eigenvalue weighted by atomic mass is 10.1. The number of benzene rings is 2. The second-order valence-corrected chi connectivity index (χ2v) is 8.15. The van der Waals surface area contributed by atoms with Crippen molar-refractivity contribution in [3.8, 4) is 0 Å². The number of carbonyl (C=O) groups excluding carboxylic acids is 1. The molecule has 2 aromatic carbocycles. The Hall–Kier alpha value is -3.03. The first-order valence-electron chi connectivity index (χ1n) is 10.7. The van der Waals surface area contributed by atoms with Crippen molar-refractivity contribution in [3.63, 3.8) is 0 Å². The summed E-state index contributed by atoms with van der Waals surface area (Å²) in [6, 6.07) is 15.0. The van der Waals surface area contributed by atoms with Gasteiger partial charge in [-0.2, -0.15) is 0 Å². The molecule has 1 aromatic heterocycles. The summed E-state index contributed by atoms with van der Waals surface area (Å²) in [5.74, 6) is 0.407. The minimum atomic E-state index is -0.190. The van der Waals surface area contributed by atoms with Crippen molar-refractivity contribution in [2.45, 2.75) is 33.0 Å². The number of ether oxygens (including phenoxy) is 1. The van der Waals surface area contributed by atoms with Crippen LogP contribution in [0.1, 0.15) is 35.6 Å². The zero-order valence-electron chi connectivity index (χ0n) is 18.0. The highest BCUT2D eigenvalue weighted by Crippen LogP contribution is 2.16. The number of nitrogens with zero attached hydrogens (tertiary/aromatic N) is 3. The average molecular weight is 421 g/mol. The van der Waals surface area contributed by atoms with Gasteiger partial charge in [0.1, 0.15) is 5.82 Å². The molecule has 1 aliphatic heterocycles. The lowest BCUT2D eigenvalue weighted by molar-refractivity contribution is 0.0341. The molecule has 0 atom stereocenters. The molecular weight excluding hydrogens is 392 g/mol. The minimum absolute atomic E-state index is 0.0489. The highest BCUT2D eigenvalue weighted by molar-refractivity contribution is 5.94. The third-order valence-corrected chi connectivity index (χ3v) is 5.55. The van der Waals surface area contributed by atoms with Crippen LogP contribution in [-0.2, 0) is 17.8 Å². The van der Waals surface area contributed by atoms with E-state index in [4.69, 9.17) is 4.74 Å². The van der Waals surface area contributed by atoms with Crippen molar-refractivity contribution in [2.24, 2.45) is 0 Å². The SMILES string of the molecule is CC(C)N(Cc1nc2ccccc2c(=O)[nH]1)C(=O)c1cccc(CN2CCOCC2)c1. The van der Waals surface area contributed by atoms with E-state index in [0.717, 1.165) is 38.4 Å². The van der Waals surface area contributed by atoms with Crippen LogP contribution < -0.4 is 5.56 Å². The van der Waals surface area contributed by atoms with Gasteiger partial charge in [0, 0.05) is 31.2 Å². The monoisotopic (exact) mass is 420 g/mol. The lowest BCUT2D eigenvalue weighted by Crippen LogP contribution is -2.38. The van der Waals surface area contributed by atoms with Crippen molar-refractivity contribution < 1.29 is 9.53 Å². The second-order valence-electron chi connectivity index (χ2n) is 8.15. The molecule has 0 aliphatic carbocycles. The summed E-state index contributed by atoms with van der Waals surface area (Å²) in [4.78, 5) is 37.2. The quantitative estimate of drug-likeness (QED) is 0.664. The summed E-state index contributed by atoms with van der Waals surface area (Å²) < 4.78 is 5.42. The number of amides is 1. The molecule has 1 fully saturated rings. The van der Waals surface area contributed by atoms with Gasteiger partial charge in [-0.15, -0.1) is 0 Å². The Morgan fingerprint density at radius 3 is 2.71 bits per heavy atom. The van der Waals surface area contributed by atoms with E-state index in [-0.39, 0.29) is 24.1 Å². The van der Waals surface area contributed by atoms with Crippen LogP contribution in [0, 0.1) is 0 Å². The molecule has 7 nitrogen and oxygen atoms in total. The third-order valence-electron chi connectivity index (χ3n) is 5.55. The molecule has 1 amide bonds. The van der Waals surface area contributed by atoms with E-state index in [2.05, 4.69) is 14.9 Å². The number of rotatable bonds is 6. The molecule has 1 aliphatic rings. The molecule has 2 heterocycles. The molecule has 0 bridgehead atoms. The molecule has 3 aromatic rings. The Kier molecular flexibility index (Phi) is 6.44. The molecule has 1 N–H and O–H groups in total. The molecule has 31 heavy (non-hydrogen) atoms. The van der Waals surface area contributed by atoms with Gasteiger partial charge in [0.15, 0.2) is 0 Å². The molecule has 0 saturated carbocycles. The Morgan fingerprint density at radius 2 is 1.94 bits per heavy atom. The summed E-state index contributed by atoms with van der Waals surface area (Å²) in [6.45, 7) is 8.27. The number of morpholine rings is 1. The van der Waals surface area contributed by atoms with Crippen molar-refractivity contribution in [1.29, 1.82) is 0 Å². The van der Waals surface area contributed by atoms with Crippen LogP contribution in [0.15, 0.2) is 53.3 Å². The van der Waals surface area contributed by atoms with Gasteiger partial charge in [0.2, 0.25) is 0 Å². The van der Waals surface area contributed by atoms with Crippen LogP contribution in [0.4, 0.5) is 0 Å². The fourth-order valence-electron chi connectivity index (χ4n) is 3.85. The molecule has 0 radical (unpaired) electrons. The fourth-order valence-corrected chi connectivity index (χ4v) is 3.85. The van der Waals surface area contributed by atoms with Crippen LogP contribution in [0.3, 0.4) is 0 Å². The fraction of sp³-hybridized carbons (Fsp3) is 0.375. The predicted molar refractivity (Wildman–Crippen MR) is 120 cm³/mol. The zero-order valence-corrected chi connectivity index (χ0v) is 18.0. The third kappa shape index (κ3) is 5.00. The number of para-hydroxylation sites is 1. The maximum Gasteiger partial charge on any atom is 0.258 e. The maximum absolute atomic E-state index is 13.4. The van der Waals surface area contributed by atoms with Crippen LogP contribution >= 0.6 is 0 Å². The number of aromatic nitrogens is 2. The van der Waals surface area contributed by atoms with Gasteiger partial charge < -0.3 is 14.6 Å². The van der Waals surface area contributed by atoms with Crippen LogP contribution in [-0.4, -0.2) is 58.0 Å². The number of fused-ring (bicyclic) bond motifs is 1. The van der Waals surface area contributed by atoms with Crippen LogP contribution in [0.25, 0.3) is 10.9 Å². The van der Waals surface area contributed by atoms with E-state index >= 15 is 0 Å². The van der Waals surface area contributed by atoms with Gasteiger partial charge in [-0.3, -0.25) is 14.5 Å². The van der Waals surface area contributed by atoms with Gasteiger partial charge in [0.05, 0.1) is 30.7 Å². The van der Waals surface area contributed by atoms with Crippen LogP contribution in [0.2, 0.25) is 0 Å². The first-order valence-corrected chi connectivity index (χ1v) is 10.7. The van der Waals surface area contributed by atoms with E-state index in [9.17, 15) is 9.59 Å². The standard InChI is InChI=1S/C24H28N4O3/c1-17(2)28(16-22-25-21-9-4-3-8-20(21)23(29)26-22)24(30)19-7-5-6-18(14-19)15-27-10-12-31-13-11-27/h3-9,14,17H,10-13,15-16H2,1-2H3,(H,25,26,29). The normalized spacial score (nSPS) is 14.8. The molecular formula is C24H28N4O3. The highest BCUT2D eigenvalue weighted by Gasteiger charge is 2.21. The minimum Gasteiger partial charge on any atom is -0.379 e. The van der Waals surface area contributed by atoms with Gasteiger partial charge in [0.25, 0.3) is 11.5 Å². The van der Waals surface area contributed by atoms with E-state index in [0.29, 0.717) is 22.3 Å². The summed E-state index contributed by atoms with van der Waals surface area (Å²) in [5.41, 5.74) is 2.19. The smallest absolute Gasteiger partial charge is 0.258 e. The number of hydrogen-bond donors (Lipinski definition) is 1. The molecule has 162 valence electrons. The Labute approximate surface area is 181 Å². The number of carbonyl (C=O) groups is 1. The summed E-state index contributed by atoms with van der Waals surface area (Å²) >= 11 is 0. The summed E-state index contributed by atoms with van der Waals surface area (Å²) in [6.07, 6.45) is 0. The number of H-pyrrole nitrogens is 1. The highest BCUT2D eigenvalue weighted by atomic mass is 16.5. The molecule has 0 spiro atoms. The molecule has 0 unspecified atom stereocenters. The number of aromatic amines is 1. The largest absolute Gasteiger partial charge is 0.379 e. The van der Waals surface area contributed by atoms with Crippen molar-refractivity contribution in [1.82, 2.24) is 19.8 Å². The zero-order chi connectivity index (χ0) is 21.8. The maximum atomic E-state index is 13.4. The van der Waals surface area contributed by atoms with Gasteiger partial charge in [-0.1, -0.05) is 24.3 Å². The second kappa shape index (κ2) is 9.41. The van der Waals surface area contributed by atoms with Crippen molar-refractivity contribution >= 4 is 16.8 Å². The predicted octanol–water partition coefficient (Wildman–Crippen LogP) is 2.81. The Morgan fingerprint density at radius 1 is 1.16 bits per heavy atom. The molecule has 7 heteroatoms. The van der Waals surface area contributed by atoms with E-state index in [1.807, 2.05) is 56.3 Å². The van der Waals surface area contributed by atoms with Gasteiger partial charge in [-0.05, 0) is 43.7 Å². The lowest BCUT2D eigenvalue weighted by Gasteiger charge is -2.28. The molecule has 1 saturated heterocycles. The van der Waals surface area contributed by atoms with Crippen molar-refractivity contribution in [3.05, 3.63) is 75.8 Å². The number of nitrogens with one attached hydrogen (secondary N) is 1. The first-order chi connectivity index (χ1) is 15.0. The van der Waals surface area contributed by atoms with Crippen molar-refractivity contribution in [2.75, 3.05) is 26.3 Å². The van der Waals surface area contributed by atoms with E-state index in [1.54, 1.807) is 11.0 Å². The summed E-state index contributed by atoms with van der Waals surface area (Å²) in [5, 5.41) is 0.546. The van der Waals surface area contributed by atoms with E-state index < -0.39 is 0 Å². The van der Waals surface area contributed by atoms with Crippen LogP contribution in [0.5, 0.6) is 0 Å². The molecule has 4 rings (SSSR count). The van der Waals surface area contributed by atoms with E-state index in [1.165, 1.54) is 0 Å². The summed E-state index contributed by atoms with van der Waals surface area (Å²) in [7, 11) is 0. The first kappa shape index (κ1) is 21.2. The Bertz CT molecular complexity index is 1120. The topological polar surface area (TPSA) is 78.5 Å². The average Bonchev–Trinajstić information content (AvgIpc) is 2.78. The Balaban J connectivity index is 1.55. The number of hydrogen-bond acceptors (Lipinski definition) is 5. The van der Waals surface area contributed by atoms with Gasteiger partial charge >= 0.3 is 0 Å². The van der Waals surface area contributed by atoms with Gasteiger partial charge in [-0.25, -0.2) is 4.98 Å².